The zero-order valence-corrected chi connectivity index (χ0v) is 10.6. The molecule has 17 heavy (non-hydrogen) atoms. The van der Waals surface area contributed by atoms with Crippen LogP contribution in [0.3, 0.4) is 0 Å². The van der Waals surface area contributed by atoms with E-state index in [0.717, 1.165) is 0 Å². The maximum atomic E-state index is 4.31. The summed E-state index contributed by atoms with van der Waals surface area (Å²) in [6.07, 6.45) is 3.83. The third-order valence-electron chi connectivity index (χ3n) is 3.08. The molecule has 0 saturated carbocycles. The van der Waals surface area contributed by atoms with Gasteiger partial charge in [0.15, 0.2) is 0 Å². The lowest BCUT2D eigenvalue weighted by Crippen LogP contribution is -2.12. The van der Waals surface area contributed by atoms with Gasteiger partial charge < -0.3 is 5.32 Å². The topological polar surface area (TPSA) is 24.9 Å². The Morgan fingerprint density at radius 1 is 1.06 bits per heavy atom. The lowest BCUT2D eigenvalue weighted by molar-refractivity contribution is 0.650. The van der Waals surface area contributed by atoms with Crippen molar-refractivity contribution in [1.29, 1.82) is 0 Å². The van der Waals surface area contributed by atoms with E-state index in [1.807, 2.05) is 19.4 Å². The van der Waals surface area contributed by atoms with Crippen LogP contribution in [0.25, 0.3) is 11.1 Å². The van der Waals surface area contributed by atoms with E-state index in [9.17, 15) is 0 Å². The molecule has 2 heteroatoms. The largest absolute Gasteiger partial charge is 0.313 e. The fraction of sp³-hybridized carbons (Fsp3) is 0.267. The van der Waals surface area contributed by atoms with Crippen molar-refractivity contribution in [1.82, 2.24) is 10.3 Å². The predicted molar refractivity (Wildman–Crippen MR) is 71.9 cm³/mol. The van der Waals surface area contributed by atoms with Gasteiger partial charge in [-0.15, -0.1) is 0 Å². The van der Waals surface area contributed by atoms with Gasteiger partial charge in [-0.3, -0.25) is 4.98 Å². The van der Waals surface area contributed by atoms with E-state index in [-0.39, 0.29) is 0 Å². The molecular formula is C15H18N2. The lowest BCUT2D eigenvalue weighted by atomic mass is 10.0. The van der Waals surface area contributed by atoms with Crippen molar-refractivity contribution in [3.05, 3.63) is 53.9 Å². The lowest BCUT2D eigenvalue weighted by Gasteiger charge is -2.11. The Morgan fingerprint density at radius 2 is 1.76 bits per heavy atom. The summed E-state index contributed by atoms with van der Waals surface area (Å²) in [4.78, 5) is 4.31. The number of aryl methyl sites for hydroxylation is 1. The van der Waals surface area contributed by atoms with E-state index in [4.69, 9.17) is 0 Å². The molecule has 2 rings (SSSR count). The van der Waals surface area contributed by atoms with Gasteiger partial charge in [0.05, 0.1) is 0 Å². The minimum absolute atomic E-state index is 0.327. The molecule has 0 radical (unpaired) electrons. The quantitative estimate of drug-likeness (QED) is 0.868. The Hall–Kier alpha value is -1.67. The number of pyridine rings is 1. The summed E-state index contributed by atoms with van der Waals surface area (Å²) in [6.45, 7) is 4.23. The Kier molecular flexibility index (Phi) is 3.55. The molecular weight excluding hydrogens is 208 g/mol. The zero-order chi connectivity index (χ0) is 12.3. The van der Waals surface area contributed by atoms with Crippen LogP contribution in [0.4, 0.5) is 0 Å². The highest BCUT2D eigenvalue weighted by Gasteiger charge is 2.05. The average Bonchev–Trinajstić information content (AvgIpc) is 2.39. The predicted octanol–water partition coefficient (Wildman–Crippen LogP) is 3.34. The third kappa shape index (κ3) is 2.71. The molecule has 1 heterocycles. The van der Waals surface area contributed by atoms with Crippen molar-refractivity contribution in [3.8, 4) is 11.1 Å². The molecule has 0 bridgehead atoms. The molecule has 0 amide bonds. The number of hydrogen-bond acceptors (Lipinski definition) is 2. The Labute approximate surface area is 103 Å². The molecule has 0 aliphatic heterocycles. The number of nitrogens with one attached hydrogen (secondary N) is 1. The van der Waals surface area contributed by atoms with Crippen LogP contribution in [0.1, 0.15) is 24.1 Å². The van der Waals surface area contributed by atoms with Gasteiger partial charge in [-0.05, 0) is 38.1 Å². The van der Waals surface area contributed by atoms with Gasteiger partial charge >= 0.3 is 0 Å². The summed E-state index contributed by atoms with van der Waals surface area (Å²) in [5.74, 6) is 0. The number of rotatable bonds is 3. The Bertz CT molecular complexity index is 489. The van der Waals surface area contributed by atoms with E-state index in [2.05, 4.69) is 54.5 Å². The first-order chi connectivity index (χ1) is 8.20. The summed E-state index contributed by atoms with van der Waals surface area (Å²) < 4.78 is 0. The summed E-state index contributed by atoms with van der Waals surface area (Å²) in [6, 6.07) is 11.1. The highest BCUT2D eigenvalue weighted by molar-refractivity contribution is 5.63. The van der Waals surface area contributed by atoms with Gasteiger partial charge in [-0.2, -0.15) is 0 Å². The molecule has 0 aliphatic rings. The first-order valence-electron chi connectivity index (χ1n) is 5.90. The first kappa shape index (κ1) is 11.8. The van der Waals surface area contributed by atoms with Crippen LogP contribution in [0, 0.1) is 6.92 Å². The van der Waals surface area contributed by atoms with Crippen molar-refractivity contribution in [2.75, 3.05) is 7.05 Å². The monoisotopic (exact) mass is 226 g/mol. The van der Waals surface area contributed by atoms with Crippen molar-refractivity contribution in [3.63, 3.8) is 0 Å². The van der Waals surface area contributed by atoms with E-state index in [1.165, 1.54) is 22.3 Å². The smallest absolute Gasteiger partial charge is 0.0346 e. The van der Waals surface area contributed by atoms with E-state index in [1.54, 1.807) is 0 Å². The highest BCUT2D eigenvalue weighted by Crippen LogP contribution is 2.22. The van der Waals surface area contributed by atoms with Gasteiger partial charge in [0.1, 0.15) is 0 Å². The minimum Gasteiger partial charge on any atom is -0.313 e. The van der Waals surface area contributed by atoms with Crippen molar-refractivity contribution in [2.24, 2.45) is 0 Å². The number of nitrogens with zero attached hydrogens (tertiary/aromatic N) is 1. The Balaban J connectivity index is 2.36. The molecule has 0 fully saturated rings. The van der Waals surface area contributed by atoms with Crippen LogP contribution >= 0.6 is 0 Å². The molecule has 1 aromatic heterocycles. The van der Waals surface area contributed by atoms with Gasteiger partial charge in [0.25, 0.3) is 0 Å². The van der Waals surface area contributed by atoms with Gasteiger partial charge in [0.2, 0.25) is 0 Å². The van der Waals surface area contributed by atoms with E-state index in [0.29, 0.717) is 6.04 Å². The molecule has 0 spiro atoms. The number of aromatic nitrogens is 1. The molecule has 0 saturated heterocycles. The molecule has 1 atom stereocenters. The third-order valence-corrected chi connectivity index (χ3v) is 3.08. The molecule has 1 unspecified atom stereocenters. The first-order valence-corrected chi connectivity index (χ1v) is 5.90. The summed E-state index contributed by atoms with van der Waals surface area (Å²) in [5.41, 5.74) is 4.88. The van der Waals surface area contributed by atoms with Crippen LogP contribution in [-0.4, -0.2) is 12.0 Å². The van der Waals surface area contributed by atoms with Crippen molar-refractivity contribution >= 4 is 0 Å². The summed E-state index contributed by atoms with van der Waals surface area (Å²) in [5, 5.41) is 3.23. The van der Waals surface area contributed by atoms with Gasteiger partial charge in [0, 0.05) is 24.0 Å². The second kappa shape index (κ2) is 5.11. The second-order valence-corrected chi connectivity index (χ2v) is 4.38. The number of benzene rings is 1. The average molecular weight is 226 g/mol. The van der Waals surface area contributed by atoms with Crippen LogP contribution in [0.5, 0.6) is 0 Å². The van der Waals surface area contributed by atoms with E-state index >= 15 is 0 Å². The SMILES string of the molecule is CNC(C)c1cncc(-c2ccc(C)cc2)c1. The minimum atomic E-state index is 0.327. The zero-order valence-electron chi connectivity index (χ0n) is 10.6. The normalized spacial score (nSPS) is 12.4. The van der Waals surface area contributed by atoms with E-state index < -0.39 is 0 Å². The van der Waals surface area contributed by atoms with Crippen LogP contribution in [0.15, 0.2) is 42.7 Å². The maximum Gasteiger partial charge on any atom is 0.0346 e. The fourth-order valence-electron chi connectivity index (χ4n) is 1.77. The van der Waals surface area contributed by atoms with Gasteiger partial charge in [-0.1, -0.05) is 29.8 Å². The fourth-order valence-corrected chi connectivity index (χ4v) is 1.77. The van der Waals surface area contributed by atoms with Crippen LogP contribution in [-0.2, 0) is 0 Å². The maximum absolute atomic E-state index is 4.31. The molecule has 1 N–H and O–H groups in total. The van der Waals surface area contributed by atoms with Crippen molar-refractivity contribution < 1.29 is 0 Å². The molecule has 2 aromatic rings. The van der Waals surface area contributed by atoms with Crippen LogP contribution < -0.4 is 5.32 Å². The van der Waals surface area contributed by atoms with Crippen molar-refractivity contribution in [2.45, 2.75) is 19.9 Å². The number of hydrogen-bond donors (Lipinski definition) is 1. The highest BCUT2D eigenvalue weighted by atomic mass is 14.9. The standard InChI is InChI=1S/C15H18N2/c1-11-4-6-13(7-5-11)15-8-14(9-17-10-15)12(2)16-3/h4-10,12,16H,1-3H3. The summed E-state index contributed by atoms with van der Waals surface area (Å²) in [7, 11) is 1.96. The van der Waals surface area contributed by atoms with Crippen LogP contribution in [0.2, 0.25) is 0 Å². The molecule has 88 valence electrons. The Morgan fingerprint density at radius 3 is 2.41 bits per heavy atom. The summed E-state index contributed by atoms with van der Waals surface area (Å²) >= 11 is 0. The molecule has 0 aliphatic carbocycles. The van der Waals surface area contributed by atoms with Gasteiger partial charge in [-0.25, -0.2) is 0 Å². The second-order valence-electron chi connectivity index (χ2n) is 4.38. The molecule has 1 aromatic carbocycles. The molecule has 2 nitrogen and oxygen atoms in total.